The van der Waals surface area contributed by atoms with Crippen molar-refractivity contribution in [2.24, 2.45) is 0 Å². The number of rotatable bonds is 13. The highest BCUT2D eigenvalue weighted by Crippen LogP contribution is 2.05. The Labute approximate surface area is 116 Å². The van der Waals surface area contributed by atoms with Crippen molar-refractivity contribution >= 4 is 0 Å². The summed E-state index contributed by atoms with van der Waals surface area (Å²) in [5.41, 5.74) is 0. The predicted octanol–water partition coefficient (Wildman–Crippen LogP) is 6.63. The van der Waals surface area contributed by atoms with Gasteiger partial charge >= 0.3 is 0 Å². The molecule has 0 aromatic rings. The van der Waals surface area contributed by atoms with Crippen molar-refractivity contribution in [2.75, 3.05) is 0 Å². The molecule has 0 aromatic carbocycles. The van der Waals surface area contributed by atoms with Crippen molar-refractivity contribution in [3.05, 3.63) is 31.2 Å². The molecule has 0 fully saturated rings. The van der Waals surface area contributed by atoms with E-state index in [2.05, 4.69) is 38.2 Å². The highest BCUT2D eigenvalue weighted by molar-refractivity contribution is 4.85. The Morgan fingerprint density at radius 1 is 0.611 bits per heavy atom. The van der Waals surface area contributed by atoms with Gasteiger partial charge in [0.2, 0.25) is 0 Å². The van der Waals surface area contributed by atoms with Gasteiger partial charge in [-0.3, -0.25) is 0 Å². The van der Waals surface area contributed by atoms with Crippen LogP contribution >= 0.6 is 0 Å². The molecule has 0 aromatic heterocycles. The van der Waals surface area contributed by atoms with Crippen molar-refractivity contribution < 1.29 is 0 Å². The minimum Gasteiger partial charge on any atom is -0.0885 e. The van der Waals surface area contributed by atoms with Crippen LogP contribution in [0.3, 0.4) is 0 Å². The maximum Gasteiger partial charge on any atom is -0.0348 e. The molecule has 0 atom stereocenters. The lowest BCUT2D eigenvalue weighted by Crippen LogP contribution is -1.75. The van der Waals surface area contributed by atoms with Crippen LogP contribution in [-0.2, 0) is 0 Å². The first-order chi connectivity index (χ1) is 8.91. The standard InChI is InChI=1S/C18H33/c1-3-5-7-9-11-13-15-17-18-16-14-12-10-8-6-4-2/h12-15H,1,3-11,16-18H2,2H3. The third-order valence-electron chi connectivity index (χ3n) is 3.17. The van der Waals surface area contributed by atoms with Gasteiger partial charge in [0, 0.05) is 0 Å². The fraction of sp³-hybridized carbons (Fsp3) is 0.722. The van der Waals surface area contributed by atoms with E-state index in [0.29, 0.717) is 0 Å². The van der Waals surface area contributed by atoms with Crippen molar-refractivity contribution in [3.8, 4) is 0 Å². The predicted molar refractivity (Wildman–Crippen MR) is 84.7 cm³/mol. The first kappa shape index (κ1) is 17.5. The molecule has 0 nitrogen and oxygen atoms in total. The summed E-state index contributed by atoms with van der Waals surface area (Å²) in [5, 5.41) is 0. The summed E-state index contributed by atoms with van der Waals surface area (Å²) in [5.74, 6) is 0. The molecular weight excluding hydrogens is 216 g/mol. The molecular formula is C18H33. The van der Waals surface area contributed by atoms with Gasteiger partial charge in [0.05, 0.1) is 0 Å². The van der Waals surface area contributed by atoms with Crippen LogP contribution in [0.4, 0.5) is 0 Å². The highest BCUT2D eigenvalue weighted by Gasteiger charge is 1.85. The van der Waals surface area contributed by atoms with Crippen molar-refractivity contribution in [2.45, 2.75) is 84.0 Å². The molecule has 0 amide bonds. The second kappa shape index (κ2) is 16.5. The first-order valence-corrected chi connectivity index (χ1v) is 8.01. The molecule has 0 saturated heterocycles. The third-order valence-corrected chi connectivity index (χ3v) is 3.17. The van der Waals surface area contributed by atoms with E-state index >= 15 is 0 Å². The topological polar surface area (TPSA) is 0 Å². The van der Waals surface area contributed by atoms with Crippen LogP contribution in [0, 0.1) is 6.92 Å². The molecule has 1 radical (unpaired) electrons. The summed E-state index contributed by atoms with van der Waals surface area (Å²) in [4.78, 5) is 0. The van der Waals surface area contributed by atoms with Crippen LogP contribution in [0.5, 0.6) is 0 Å². The van der Waals surface area contributed by atoms with Crippen LogP contribution in [0.1, 0.15) is 84.0 Å². The van der Waals surface area contributed by atoms with Gasteiger partial charge in [-0.2, -0.15) is 0 Å². The molecule has 0 bridgehead atoms. The van der Waals surface area contributed by atoms with E-state index < -0.39 is 0 Å². The average molecular weight is 249 g/mol. The molecule has 0 N–H and O–H groups in total. The summed E-state index contributed by atoms with van der Waals surface area (Å²) < 4.78 is 0. The van der Waals surface area contributed by atoms with E-state index in [-0.39, 0.29) is 0 Å². The summed E-state index contributed by atoms with van der Waals surface area (Å²) in [6.07, 6.45) is 24.9. The lowest BCUT2D eigenvalue weighted by atomic mass is 10.1. The molecule has 105 valence electrons. The van der Waals surface area contributed by atoms with Gasteiger partial charge in [-0.25, -0.2) is 0 Å². The Morgan fingerprint density at radius 3 is 1.61 bits per heavy atom. The van der Waals surface area contributed by atoms with E-state index in [0.717, 1.165) is 6.42 Å². The SMILES string of the molecule is [CH2]CCCCCC=CCCCC=CCCCCC. The molecule has 0 aliphatic carbocycles. The average Bonchev–Trinajstić information content (AvgIpc) is 2.39. The number of hydrogen-bond acceptors (Lipinski definition) is 0. The molecule has 0 aliphatic heterocycles. The van der Waals surface area contributed by atoms with Gasteiger partial charge in [0.1, 0.15) is 0 Å². The van der Waals surface area contributed by atoms with Gasteiger partial charge in [0.15, 0.2) is 0 Å². The van der Waals surface area contributed by atoms with Crippen molar-refractivity contribution in [1.82, 2.24) is 0 Å². The minimum absolute atomic E-state index is 1.09. The largest absolute Gasteiger partial charge is 0.0885 e. The normalized spacial score (nSPS) is 11.9. The molecule has 0 unspecified atom stereocenters. The maximum absolute atomic E-state index is 3.86. The number of hydrogen-bond donors (Lipinski definition) is 0. The van der Waals surface area contributed by atoms with Crippen molar-refractivity contribution in [1.29, 1.82) is 0 Å². The zero-order valence-corrected chi connectivity index (χ0v) is 12.5. The third kappa shape index (κ3) is 15.5. The molecule has 0 spiro atoms. The van der Waals surface area contributed by atoms with Crippen LogP contribution in [0.2, 0.25) is 0 Å². The zero-order valence-electron chi connectivity index (χ0n) is 12.5. The Morgan fingerprint density at radius 2 is 1.11 bits per heavy atom. The summed E-state index contributed by atoms with van der Waals surface area (Å²) in [6, 6.07) is 0. The molecule has 0 saturated carbocycles. The monoisotopic (exact) mass is 249 g/mol. The van der Waals surface area contributed by atoms with Crippen LogP contribution in [0.25, 0.3) is 0 Å². The Bertz CT molecular complexity index is 188. The summed E-state index contributed by atoms with van der Waals surface area (Å²) >= 11 is 0. The Kier molecular flexibility index (Phi) is 16.0. The van der Waals surface area contributed by atoms with E-state index in [9.17, 15) is 0 Å². The first-order valence-electron chi connectivity index (χ1n) is 8.01. The van der Waals surface area contributed by atoms with Crippen LogP contribution < -0.4 is 0 Å². The quantitative estimate of drug-likeness (QED) is 0.254. The fourth-order valence-electron chi connectivity index (χ4n) is 1.95. The molecule has 0 rings (SSSR count). The second-order valence-corrected chi connectivity index (χ2v) is 5.07. The van der Waals surface area contributed by atoms with Crippen LogP contribution in [-0.4, -0.2) is 0 Å². The van der Waals surface area contributed by atoms with E-state index in [1.54, 1.807) is 0 Å². The summed E-state index contributed by atoms with van der Waals surface area (Å²) in [7, 11) is 0. The lowest BCUT2D eigenvalue weighted by Gasteiger charge is -1.95. The lowest BCUT2D eigenvalue weighted by molar-refractivity contribution is 0.693. The smallest absolute Gasteiger partial charge is 0.0348 e. The minimum atomic E-state index is 1.09. The Hall–Kier alpha value is -0.520. The molecule has 0 heteroatoms. The Balaban J connectivity index is 3.12. The van der Waals surface area contributed by atoms with Gasteiger partial charge < -0.3 is 0 Å². The van der Waals surface area contributed by atoms with Gasteiger partial charge in [-0.05, 0) is 44.9 Å². The number of unbranched alkanes of at least 4 members (excludes halogenated alkanes) is 9. The number of allylic oxidation sites excluding steroid dienone is 4. The second-order valence-electron chi connectivity index (χ2n) is 5.07. The molecule has 18 heavy (non-hydrogen) atoms. The van der Waals surface area contributed by atoms with E-state index in [1.807, 2.05) is 0 Å². The van der Waals surface area contributed by atoms with Gasteiger partial charge in [0.25, 0.3) is 0 Å². The summed E-state index contributed by atoms with van der Waals surface area (Å²) in [6.45, 7) is 6.12. The fourth-order valence-corrected chi connectivity index (χ4v) is 1.95. The van der Waals surface area contributed by atoms with E-state index in [4.69, 9.17) is 0 Å². The molecule has 0 heterocycles. The maximum atomic E-state index is 3.86. The van der Waals surface area contributed by atoms with E-state index in [1.165, 1.54) is 70.6 Å². The van der Waals surface area contributed by atoms with Gasteiger partial charge in [-0.15, -0.1) is 0 Å². The highest BCUT2D eigenvalue weighted by atomic mass is 13.9. The van der Waals surface area contributed by atoms with Crippen LogP contribution in [0.15, 0.2) is 24.3 Å². The molecule has 0 aliphatic rings. The van der Waals surface area contributed by atoms with Crippen molar-refractivity contribution in [3.63, 3.8) is 0 Å². The van der Waals surface area contributed by atoms with Gasteiger partial charge in [-0.1, -0.05) is 70.3 Å². The zero-order chi connectivity index (χ0) is 13.3.